The summed E-state index contributed by atoms with van der Waals surface area (Å²) in [6, 6.07) is 0. The fraction of sp³-hybridized carbons (Fsp3) is 0.870. The van der Waals surface area contributed by atoms with Crippen LogP contribution in [0.5, 0.6) is 0 Å². The van der Waals surface area contributed by atoms with Crippen molar-refractivity contribution >= 4 is 23.6 Å². The summed E-state index contributed by atoms with van der Waals surface area (Å²) < 4.78 is 6.18. The summed E-state index contributed by atoms with van der Waals surface area (Å²) in [5.74, 6) is 0.597. The quantitative estimate of drug-likeness (QED) is 0.161. The molecule has 6 aliphatic rings. The SMILES string of the molecule is CC(=O)NCCN(CC1CCC1)CC(O)C12CCC3(C)C(CCC4C5(C)CCC(OC(=O)CC(C)(C)C(=O)O)C(C)(C)C5CCC43C)C1=C(C(C)C)C(=O)C2. The van der Waals surface area contributed by atoms with Crippen LogP contribution in [-0.2, 0) is 23.9 Å². The summed E-state index contributed by atoms with van der Waals surface area (Å²) in [6.07, 6.45) is 10.8. The highest BCUT2D eigenvalue weighted by atomic mass is 16.5. The predicted octanol–water partition coefficient (Wildman–Crippen LogP) is 7.98. The van der Waals surface area contributed by atoms with Crippen LogP contribution in [0.4, 0.5) is 0 Å². The van der Waals surface area contributed by atoms with Gasteiger partial charge in [-0.25, -0.2) is 0 Å². The van der Waals surface area contributed by atoms with Crippen molar-refractivity contribution in [2.24, 2.45) is 62.1 Å². The molecule has 55 heavy (non-hydrogen) atoms. The second-order valence-electron chi connectivity index (χ2n) is 21.6. The highest BCUT2D eigenvalue weighted by Crippen LogP contribution is 2.77. The molecule has 0 aliphatic heterocycles. The average molecular weight is 767 g/mol. The van der Waals surface area contributed by atoms with Crippen LogP contribution in [0.3, 0.4) is 0 Å². The summed E-state index contributed by atoms with van der Waals surface area (Å²) in [4.78, 5) is 53.3. The topological polar surface area (TPSA) is 133 Å². The third kappa shape index (κ3) is 7.05. The number of nitrogens with zero attached hydrogens (tertiary/aromatic N) is 1. The van der Waals surface area contributed by atoms with Crippen LogP contribution in [-0.4, -0.2) is 77.1 Å². The van der Waals surface area contributed by atoms with E-state index >= 15 is 0 Å². The Morgan fingerprint density at radius 3 is 2.22 bits per heavy atom. The number of aliphatic carboxylic acids is 1. The van der Waals surface area contributed by atoms with Gasteiger partial charge >= 0.3 is 11.9 Å². The lowest BCUT2D eigenvalue weighted by atomic mass is 9.33. The molecule has 6 aliphatic carbocycles. The molecule has 1 amide bonds. The molecule has 0 saturated heterocycles. The first-order chi connectivity index (χ1) is 25.5. The van der Waals surface area contributed by atoms with Crippen LogP contribution in [0.25, 0.3) is 0 Å². The smallest absolute Gasteiger partial charge is 0.309 e. The number of ether oxygens (including phenoxy) is 1. The summed E-state index contributed by atoms with van der Waals surface area (Å²) in [5, 5.41) is 25.2. The largest absolute Gasteiger partial charge is 0.481 e. The number of aliphatic hydroxyl groups is 1. The standard InChI is InChI=1S/C46H74N2O7/c1-28(2)38-32(50)24-46(35(51)27-48(23-22-47-29(3)49)26-30-12-11-13-30)21-20-44(9)31(39(38)46)14-15-34-43(8)18-17-36(55-37(52)25-41(4,5)40(53)54)42(6,7)33(43)16-19-45(34,44)10/h28,30-31,33-36,51H,11-27H2,1-10H3,(H,47,49)(H,53,54). The van der Waals surface area contributed by atoms with E-state index in [-0.39, 0.29) is 57.7 Å². The van der Waals surface area contributed by atoms with Gasteiger partial charge < -0.3 is 20.3 Å². The molecule has 9 heteroatoms. The van der Waals surface area contributed by atoms with Crippen LogP contribution in [0, 0.1) is 62.1 Å². The van der Waals surface area contributed by atoms with E-state index in [1.165, 1.54) is 24.8 Å². The Hall–Kier alpha value is -2.26. The number of rotatable bonds is 13. The van der Waals surface area contributed by atoms with Crippen LogP contribution in [0.2, 0.25) is 0 Å². The molecule has 3 N–H and O–H groups in total. The highest BCUT2D eigenvalue weighted by Gasteiger charge is 2.71. The third-order valence-electron chi connectivity index (χ3n) is 17.5. The molecule has 0 bridgehead atoms. The van der Waals surface area contributed by atoms with Crippen molar-refractivity contribution < 1.29 is 34.1 Å². The summed E-state index contributed by atoms with van der Waals surface area (Å²) in [7, 11) is 0. The molecule has 9 atom stereocenters. The van der Waals surface area contributed by atoms with Gasteiger partial charge in [-0.2, -0.15) is 0 Å². The Balaban J connectivity index is 1.27. The summed E-state index contributed by atoms with van der Waals surface area (Å²) >= 11 is 0. The van der Waals surface area contributed by atoms with Gasteiger partial charge in [0.1, 0.15) is 6.10 Å². The zero-order valence-corrected chi connectivity index (χ0v) is 35.9. The van der Waals surface area contributed by atoms with Crippen molar-refractivity contribution in [2.45, 2.75) is 165 Å². The lowest BCUT2D eigenvalue weighted by Gasteiger charge is -2.72. The molecular weight excluding hydrogens is 693 g/mol. The van der Waals surface area contributed by atoms with Gasteiger partial charge in [0.25, 0.3) is 0 Å². The number of carboxylic acid groups (broad SMARTS) is 1. The Bertz CT molecular complexity index is 1560. The maximum absolute atomic E-state index is 14.2. The number of esters is 1. The molecule has 0 heterocycles. The van der Waals surface area contributed by atoms with Crippen LogP contribution in [0.15, 0.2) is 11.1 Å². The minimum atomic E-state index is -1.17. The van der Waals surface area contributed by atoms with Crippen LogP contribution < -0.4 is 5.32 Å². The Morgan fingerprint density at radius 1 is 0.927 bits per heavy atom. The number of nitrogens with one attached hydrogen (secondary N) is 1. The van der Waals surface area contributed by atoms with Gasteiger partial charge in [0.05, 0.1) is 17.9 Å². The maximum atomic E-state index is 14.2. The molecule has 0 spiro atoms. The van der Waals surface area contributed by atoms with Crippen molar-refractivity contribution in [2.75, 3.05) is 26.2 Å². The second-order valence-corrected chi connectivity index (χ2v) is 21.6. The third-order valence-corrected chi connectivity index (χ3v) is 17.5. The molecule has 0 aromatic carbocycles. The van der Waals surface area contributed by atoms with Gasteiger partial charge in [-0.1, -0.05) is 60.5 Å². The number of hydrogen-bond acceptors (Lipinski definition) is 7. The van der Waals surface area contributed by atoms with Crippen molar-refractivity contribution in [1.82, 2.24) is 10.2 Å². The number of carbonyl (C=O) groups excluding carboxylic acids is 3. The molecule has 0 radical (unpaired) electrons. The van der Waals surface area contributed by atoms with E-state index in [1.54, 1.807) is 20.8 Å². The molecule has 310 valence electrons. The zero-order valence-electron chi connectivity index (χ0n) is 35.9. The number of allylic oxidation sites excluding steroid dienone is 1. The van der Waals surface area contributed by atoms with E-state index in [4.69, 9.17) is 4.74 Å². The van der Waals surface area contributed by atoms with Crippen LogP contribution in [0.1, 0.15) is 153 Å². The molecule has 0 aromatic heterocycles. The van der Waals surface area contributed by atoms with Crippen LogP contribution >= 0.6 is 0 Å². The predicted molar refractivity (Wildman–Crippen MR) is 214 cm³/mol. The zero-order chi connectivity index (χ0) is 40.5. The molecule has 0 aromatic rings. The first-order valence-corrected chi connectivity index (χ1v) is 21.9. The Labute approximate surface area is 331 Å². The molecule has 6 rings (SSSR count). The summed E-state index contributed by atoms with van der Waals surface area (Å²) in [6.45, 7) is 23.9. The molecule has 5 saturated carbocycles. The lowest BCUT2D eigenvalue weighted by molar-refractivity contribution is -0.235. The number of aliphatic hydroxyl groups excluding tert-OH is 1. The number of hydrogen-bond donors (Lipinski definition) is 3. The van der Waals surface area contributed by atoms with E-state index in [9.17, 15) is 29.4 Å². The fourth-order valence-corrected chi connectivity index (χ4v) is 14.0. The van der Waals surface area contributed by atoms with Gasteiger partial charge in [-0.15, -0.1) is 0 Å². The van der Waals surface area contributed by atoms with E-state index in [2.05, 4.69) is 58.7 Å². The number of fused-ring (bicyclic) bond motifs is 7. The normalized spacial score (nSPS) is 37.7. The Morgan fingerprint density at radius 2 is 1.62 bits per heavy atom. The minimum Gasteiger partial charge on any atom is -0.481 e. The van der Waals surface area contributed by atoms with E-state index in [1.807, 2.05) is 0 Å². The van der Waals surface area contributed by atoms with Gasteiger partial charge in [-0.05, 0) is 129 Å². The maximum Gasteiger partial charge on any atom is 0.309 e. The molecular formula is C46H74N2O7. The van der Waals surface area contributed by atoms with Crippen molar-refractivity contribution in [3.63, 3.8) is 0 Å². The Kier molecular flexibility index (Phi) is 11.4. The van der Waals surface area contributed by atoms with Gasteiger partial charge in [-0.3, -0.25) is 24.1 Å². The van der Waals surface area contributed by atoms with E-state index < -0.39 is 28.9 Å². The van der Waals surface area contributed by atoms with Crippen molar-refractivity contribution in [3.05, 3.63) is 11.1 Å². The van der Waals surface area contributed by atoms with E-state index in [0.29, 0.717) is 43.8 Å². The number of Topliss-reactive ketones (excluding diaryl/α,β-unsaturated/α-hetero) is 1. The lowest BCUT2D eigenvalue weighted by Crippen LogP contribution is -2.66. The minimum absolute atomic E-state index is 0.0277. The molecule has 9 unspecified atom stereocenters. The monoisotopic (exact) mass is 767 g/mol. The number of amides is 1. The van der Waals surface area contributed by atoms with Gasteiger partial charge in [0, 0.05) is 50.4 Å². The van der Waals surface area contributed by atoms with Gasteiger partial charge in [0.2, 0.25) is 5.91 Å². The van der Waals surface area contributed by atoms with Crippen molar-refractivity contribution in [3.8, 4) is 0 Å². The van der Waals surface area contributed by atoms with Crippen molar-refractivity contribution in [1.29, 1.82) is 0 Å². The summed E-state index contributed by atoms with van der Waals surface area (Å²) in [5.41, 5.74) is 0.392. The van der Waals surface area contributed by atoms with Gasteiger partial charge in [0.15, 0.2) is 5.78 Å². The average Bonchev–Trinajstić information content (AvgIpc) is 3.37. The number of ketones is 1. The van der Waals surface area contributed by atoms with E-state index in [0.717, 1.165) is 63.5 Å². The highest BCUT2D eigenvalue weighted by molar-refractivity contribution is 6.00. The number of carboxylic acids is 1. The molecule has 5 fully saturated rings. The molecule has 9 nitrogen and oxygen atoms in total. The number of carbonyl (C=O) groups is 4. The fourth-order valence-electron chi connectivity index (χ4n) is 14.0. The first kappa shape index (κ1) is 42.3. The first-order valence-electron chi connectivity index (χ1n) is 21.9. The second kappa shape index (κ2) is 14.8.